The highest BCUT2D eigenvalue weighted by molar-refractivity contribution is 8.93. The van der Waals surface area contributed by atoms with Gasteiger partial charge in [-0.15, -0.1) is 17.0 Å². The summed E-state index contributed by atoms with van der Waals surface area (Å²) in [6, 6.07) is 0.455. The van der Waals surface area contributed by atoms with Crippen molar-refractivity contribution in [3.63, 3.8) is 0 Å². The molecule has 1 atom stereocenters. The van der Waals surface area contributed by atoms with Crippen molar-refractivity contribution < 1.29 is 5.48 Å². The van der Waals surface area contributed by atoms with E-state index in [0.29, 0.717) is 6.04 Å². The highest BCUT2D eigenvalue weighted by Crippen LogP contribution is 2.02. The third-order valence-corrected chi connectivity index (χ3v) is 1.70. The standard InChI is InChI=1S/C8H19N.BrH.H2O/c1-3-5-6-7-8(9)4-2;;/h8H,3-7,9H2,1-2H3;1H;1H2. The van der Waals surface area contributed by atoms with Gasteiger partial charge in [0.2, 0.25) is 0 Å². The maximum Gasteiger partial charge on any atom is 0.00362 e. The predicted octanol–water partition coefficient (Wildman–Crippen LogP) is 2.06. The molecule has 0 bridgehead atoms. The summed E-state index contributed by atoms with van der Waals surface area (Å²) in [6.07, 6.45) is 6.30. The van der Waals surface area contributed by atoms with Crippen molar-refractivity contribution in [2.45, 2.75) is 52.0 Å². The van der Waals surface area contributed by atoms with Gasteiger partial charge in [-0.1, -0.05) is 33.1 Å². The maximum absolute atomic E-state index is 5.71. The molecular formula is C8H22BrNO. The van der Waals surface area contributed by atoms with Gasteiger partial charge in [-0.25, -0.2) is 0 Å². The van der Waals surface area contributed by atoms with E-state index in [1.807, 2.05) is 0 Å². The second-order valence-electron chi connectivity index (χ2n) is 2.66. The van der Waals surface area contributed by atoms with Crippen molar-refractivity contribution in [3.05, 3.63) is 0 Å². The molecule has 0 aromatic rings. The molecule has 72 valence electrons. The van der Waals surface area contributed by atoms with E-state index in [2.05, 4.69) is 13.8 Å². The Morgan fingerprint density at radius 1 is 1.18 bits per heavy atom. The number of halogens is 1. The molecule has 11 heavy (non-hydrogen) atoms. The Labute approximate surface area is 80.6 Å². The first kappa shape index (κ1) is 17.5. The van der Waals surface area contributed by atoms with Crippen molar-refractivity contribution in [1.82, 2.24) is 0 Å². The quantitative estimate of drug-likeness (QED) is 0.719. The fourth-order valence-electron chi connectivity index (χ4n) is 0.861. The van der Waals surface area contributed by atoms with Crippen LogP contribution in [0.4, 0.5) is 0 Å². The molecule has 0 fully saturated rings. The first-order valence-corrected chi connectivity index (χ1v) is 4.06. The van der Waals surface area contributed by atoms with Gasteiger partial charge in [0.15, 0.2) is 0 Å². The van der Waals surface area contributed by atoms with Crippen LogP contribution in [0.25, 0.3) is 0 Å². The molecule has 0 aliphatic carbocycles. The largest absolute Gasteiger partial charge is 0.412 e. The van der Waals surface area contributed by atoms with Crippen LogP contribution in [0.15, 0.2) is 0 Å². The molecular weight excluding hydrogens is 206 g/mol. The van der Waals surface area contributed by atoms with Crippen LogP contribution in [0.2, 0.25) is 0 Å². The predicted molar refractivity (Wildman–Crippen MR) is 56.3 cm³/mol. The van der Waals surface area contributed by atoms with E-state index in [1.54, 1.807) is 0 Å². The summed E-state index contributed by atoms with van der Waals surface area (Å²) in [5.74, 6) is 0. The molecule has 0 aliphatic heterocycles. The Hall–Kier alpha value is 0.400. The molecule has 0 saturated carbocycles. The molecule has 0 amide bonds. The minimum absolute atomic E-state index is 0. The molecule has 1 unspecified atom stereocenters. The number of hydrogen-bond acceptors (Lipinski definition) is 1. The fourth-order valence-corrected chi connectivity index (χ4v) is 0.861. The number of nitrogens with two attached hydrogens (primary N) is 1. The van der Waals surface area contributed by atoms with Crippen molar-refractivity contribution >= 4 is 17.0 Å². The molecule has 0 aliphatic rings. The molecule has 2 nitrogen and oxygen atoms in total. The summed E-state index contributed by atoms with van der Waals surface area (Å²) < 4.78 is 0. The number of unbranched alkanes of at least 4 members (excludes halogenated alkanes) is 2. The minimum atomic E-state index is 0. The van der Waals surface area contributed by atoms with Crippen molar-refractivity contribution in [3.8, 4) is 0 Å². The molecule has 0 rings (SSSR count). The summed E-state index contributed by atoms with van der Waals surface area (Å²) in [4.78, 5) is 0. The maximum atomic E-state index is 5.71. The van der Waals surface area contributed by atoms with Crippen molar-refractivity contribution in [2.75, 3.05) is 0 Å². The zero-order valence-corrected chi connectivity index (χ0v) is 9.31. The van der Waals surface area contributed by atoms with E-state index >= 15 is 0 Å². The average Bonchev–Trinajstić information content (AvgIpc) is 1.89. The number of hydrogen-bond donors (Lipinski definition) is 1. The lowest BCUT2D eigenvalue weighted by atomic mass is 10.1. The highest BCUT2D eigenvalue weighted by atomic mass is 79.9. The third-order valence-electron chi connectivity index (χ3n) is 1.70. The third kappa shape index (κ3) is 13.4. The smallest absolute Gasteiger partial charge is 0.00362 e. The lowest BCUT2D eigenvalue weighted by molar-refractivity contribution is 0.547. The van der Waals surface area contributed by atoms with Crippen LogP contribution in [0.5, 0.6) is 0 Å². The van der Waals surface area contributed by atoms with Gasteiger partial charge >= 0.3 is 0 Å². The monoisotopic (exact) mass is 227 g/mol. The number of rotatable bonds is 5. The second kappa shape index (κ2) is 13.0. The molecule has 0 radical (unpaired) electrons. The Kier molecular flexibility index (Phi) is 20.7. The van der Waals surface area contributed by atoms with Gasteiger partial charge in [-0.3, -0.25) is 0 Å². The zero-order valence-electron chi connectivity index (χ0n) is 7.60. The van der Waals surface area contributed by atoms with Gasteiger partial charge < -0.3 is 11.2 Å². The Morgan fingerprint density at radius 2 is 1.73 bits per heavy atom. The van der Waals surface area contributed by atoms with Crippen LogP contribution in [0.3, 0.4) is 0 Å². The van der Waals surface area contributed by atoms with E-state index in [1.165, 1.54) is 25.7 Å². The Balaban J connectivity index is -0.000000320. The van der Waals surface area contributed by atoms with E-state index in [-0.39, 0.29) is 22.5 Å². The lowest BCUT2D eigenvalue weighted by Gasteiger charge is -2.05. The molecule has 4 N–H and O–H groups in total. The van der Waals surface area contributed by atoms with E-state index < -0.39 is 0 Å². The zero-order chi connectivity index (χ0) is 7.11. The lowest BCUT2D eigenvalue weighted by Crippen LogP contribution is -2.17. The SMILES string of the molecule is Br.CCCCCC(N)CC.O. The second-order valence-corrected chi connectivity index (χ2v) is 2.66. The minimum Gasteiger partial charge on any atom is -0.412 e. The van der Waals surface area contributed by atoms with E-state index in [9.17, 15) is 0 Å². The van der Waals surface area contributed by atoms with Gasteiger partial charge in [0.25, 0.3) is 0 Å². The Bertz CT molecular complexity index is 62.1. The first-order chi connectivity index (χ1) is 4.31. The molecule has 0 heterocycles. The highest BCUT2D eigenvalue weighted by Gasteiger charge is 1.95. The molecule has 0 aromatic carbocycles. The van der Waals surface area contributed by atoms with Crippen molar-refractivity contribution in [2.24, 2.45) is 5.73 Å². The first-order valence-electron chi connectivity index (χ1n) is 4.06. The van der Waals surface area contributed by atoms with Gasteiger partial charge in [0.1, 0.15) is 0 Å². The average molecular weight is 228 g/mol. The summed E-state index contributed by atoms with van der Waals surface area (Å²) in [5.41, 5.74) is 5.71. The molecule has 0 aromatic heterocycles. The van der Waals surface area contributed by atoms with Crippen LogP contribution >= 0.6 is 17.0 Å². The van der Waals surface area contributed by atoms with Crippen molar-refractivity contribution in [1.29, 1.82) is 0 Å². The van der Waals surface area contributed by atoms with Crippen LogP contribution in [0.1, 0.15) is 46.0 Å². The molecule has 3 heteroatoms. The van der Waals surface area contributed by atoms with Gasteiger partial charge in [-0.05, 0) is 12.8 Å². The van der Waals surface area contributed by atoms with Crippen LogP contribution in [0, 0.1) is 0 Å². The topological polar surface area (TPSA) is 57.5 Å². The summed E-state index contributed by atoms with van der Waals surface area (Å²) >= 11 is 0. The van der Waals surface area contributed by atoms with E-state index in [0.717, 1.165) is 6.42 Å². The summed E-state index contributed by atoms with van der Waals surface area (Å²) in [7, 11) is 0. The molecule has 0 spiro atoms. The summed E-state index contributed by atoms with van der Waals surface area (Å²) in [6.45, 7) is 4.37. The normalized spacial score (nSPS) is 11.2. The van der Waals surface area contributed by atoms with Gasteiger partial charge in [0, 0.05) is 6.04 Å². The van der Waals surface area contributed by atoms with Crippen LogP contribution < -0.4 is 5.73 Å². The fraction of sp³-hybridized carbons (Fsp3) is 1.00. The van der Waals surface area contributed by atoms with Gasteiger partial charge in [-0.2, -0.15) is 0 Å². The Morgan fingerprint density at radius 3 is 2.09 bits per heavy atom. The summed E-state index contributed by atoms with van der Waals surface area (Å²) in [5, 5.41) is 0. The van der Waals surface area contributed by atoms with Gasteiger partial charge in [0.05, 0.1) is 0 Å². The molecule has 0 saturated heterocycles. The van der Waals surface area contributed by atoms with Crippen LogP contribution in [-0.4, -0.2) is 11.5 Å². The van der Waals surface area contributed by atoms with E-state index in [4.69, 9.17) is 5.73 Å². The van der Waals surface area contributed by atoms with Crippen LogP contribution in [-0.2, 0) is 0 Å².